The maximum absolute atomic E-state index is 11.7. The van der Waals surface area contributed by atoms with Crippen molar-refractivity contribution in [1.82, 2.24) is 15.1 Å². The Bertz CT molecular complexity index is 858. The SMILES string of the molecule is COCC(=O)Nc1nc(C(C)C)c(-c2nc(-c3ccccc3)no2)s1. The maximum atomic E-state index is 11.7. The summed E-state index contributed by atoms with van der Waals surface area (Å²) in [5.41, 5.74) is 1.68. The van der Waals surface area contributed by atoms with Gasteiger partial charge in [-0.3, -0.25) is 10.1 Å². The Balaban J connectivity index is 1.92. The zero-order valence-corrected chi connectivity index (χ0v) is 15.0. The Morgan fingerprint density at radius 3 is 2.72 bits per heavy atom. The van der Waals surface area contributed by atoms with Gasteiger partial charge in [0.25, 0.3) is 11.8 Å². The molecule has 8 heteroatoms. The third-order valence-electron chi connectivity index (χ3n) is 3.37. The molecule has 2 aromatic heterocycles. The molecule has 130 valence electrons. The number of hydrogen-bond donors (Lipinski definition) is 1. The van der Waals surface area contributed by atoms with Crippen molar-refractivity contribution in [3.8, 4) is 22.2 Å². The number of nitrogens with one attached hydrogen (secondary N) is 1. The summed E-state index contributed by atoms with van der Waals surface area (Å²) < 4.78 is 10.3. The van der Waals surface area contributed by atoms with E-state index in [1.54, 1.807) is 0 Å². The summed E-state index contributed by atoms with van der Waals surface area (Å²) in [6.45, 7) is 4.02. The van der Waals surface area contributed by atoms with E-state index in [0.29, 0.717) is 16.8 Å². The summed E-state index contributed by atoms with van der Waals surface area (Å²) in [6.07, 6.45) is 0. The Kier molecular flexibility index (Phi) is 5.20. The van der Waals surface area contributed by atoms with Crippen LogP contribution < -0.4 is 5.32 Å². The molecule has 0 fully saturated rings. The van der Waals surface area contributed by atoms with E-state index in [4.69, 9.17) is 9.26 Å². The molecule has 0 atom stereocenters. The second-order valence-corrected chi connectivity index (χ2v) is 6.66. The van der Waals surface area contributed by atoms with E-state index >= 15 is 0 Å². The summed E-state index contributed by atoms with van der Waals surface area (Å²) in [5.74, 6) is 0.802. The fourth-order valence-corrected chi connectivity index (χ4v) is 3.29. The van der Waals surface area contributed by atoms with Crippen LogP contribution in [0.15, 0.2) is 34.9 Å². The number of amides is 1. The number of carbonyl (C=O) groups is 1. The van der Waals surface area contributed by atoms with Gasteiger partial charge in [0.1, 0.15) is 11.5 Å². The first kappa shape index (κ1) is 17.2. The molecule has 0 spiro atoms. The van der Waals surface area contributed by atoms with Crippen LogP contribution >= 0.6 is 11.3 Å². The first-order chi connectivity index (χ1) is 12.1. The molecule has 3 aromatic rings. The van der Waals surface area contributed by atoms with E-state index in [1.807, 2.05) is 44.2 Å². The molecular weight excluding hydrogens is 340 g/mol. The quantitative estimate of drug-likeness (QED) is 0.724. The molecule has 1 aromatic carbocycles. The predicted molar refractivity (Wildman–Crippen MR) is 95.4 cm³/mol. The van der Waals surface area contributed by atoms with Crippen LogP contribution in [0.25, 0.3) is 22.2 Å². The van der Waals surface area contributed by atoms with Crippen LogP contribution in [0, 0.1) is 0 Å². The monoisotopic (exact) mass is 358 g/mol. The van der Waals surface area contributed by atoms with Gasteiger partial charge in [-0.05, 0) is 5.92 Å². The van der Waals surface area contributed by atoms with Gasteiger partial charge in [-0.2, -0.15) is 4.98 Å². The van der Waals surface area contributed by atoms with Gasteiger partial charge in [0.05, 0.1) is 5.69 Å². The number of thiazole rings is 1. The van der Waals surface area contributed by atoms with Crippen molar-refractivity contribution < 1.29 is 14.1 Å². The fraction of sp³-hybridized carbons (Fsp3) is 0.294. The predicted octanol–water partition coefficient (Wildman–Crippen LogP) is 3.57. The van der Waals surface area contributed by atoms with E-state index in [9.17, 15) is 4.79 Å². The topological polar surface area (TPSA) is 90.1 Å². The van der Waals surface area contributed by atoms with Crippen LogP contribution in [-0.4, -0.2) is 34.7 Å². The molecule has 0 radical (unpaired) electrons. The average Bonchev–Trinajstić information content (AvgIpc) is 3.22. The van der Waals surface area contributed by atoms with Gasteiger partial charge in [-0.15, -0.1) is 0 Å². The highest BCUT2D eigenvalue weighted by Gasteiger charge is 2.22. The van der Waals surface area contributed by atoms with Crippen molar-refractivity contribution in [2.45, 2.75) is 19.8 Å². The number of hydrogen-bond acceptors (Lipinski definition) is 7. The van der Waals surface area contributed by atoms with Gasteiger partial charge in [0.15, 0.2) is 5.13 Å². The second kappa shape index (κ2) is 7.54. The smallest absolute Gasteiger partial charge is 0.270 e. The summed E-state index contributed by atoms with van der Waals surface area (Å²) in [5, 5.41) is 7.26. The summed E-state index contributed by atoms with van der Waals surface area (Å²) >= 11 is 1.31. The third kappa shape index (κ3) is 3.92. The molecule has 25 heavy (non-hydrogen) atoms. The van der Waals surface area contributed by atoms with Crippen molar-refractivity contribution in [1.29, 1.82) is 0 Å². The highest BCUT2D eigenvalue weighted by atomic mass is 32.1. The highest BCUT2D eigenvalue weighted by molar-refractivity contribution is 7.19. The number of ether oxygens (including phenoxy) is 1. The molecule has 0 aliphatic heterocycles. The van der Waals surface area contributed by atoms with Crippen molar-refractivity contribution in [2.24, 2.45) is 0 Å². The Morgan fingerprint density at radius 1 is 1.28 bits per heavy atom. The third-order valence-corrected chi connectivity index (χ3v) is 4.35. The van der Waals surface area contributed by atoms with Crippen LogP contribution in [0.5, 0.6) is 0 Å². The molecule has 2 heterocycles. The standard InChI is InChI=1S/C17H18N4O3S/c1-10(2)13-14(25-17(19-13)18-12(22)9-23-3)16-20-15(21-24-16)11-7-5-4-6-8-11/h4-8,10H,9H2,1-3H3,(H,18,19,22). The molecule has 7 nitrogen and oxygen atoms in total. The summed E-state index contributed by atoms with van der Waals surface area (Å²) in [7, 11) is 1.47. The molecule has 0 saturated heterocycles. The molecular formula is C17H18N4O3S. The van der Waals surface area contributed by atoms with Gasteiger partial charge < -0.3 is 9.26 Å². The lowest BCUT2D eigenvalue weighted by molar-refractivity contribution is -0.119. The second-order valence-electron chi connectivity index (χ2n) is 5.66. The largest absolute Gasteiger partial charge is 0.375 e. The van der Waals surface area contributed by atoms with E-state index in [-0.39, 0.29) is 18.4 Å². The molecule has 0 bridgehead atoms. The minimum atomic E-state index is -0.256. The lowest BCUT2D eigenvalue weighted by atomic mass is 10.1. The number of methoxy groups -OCH3 is 1. The molecule has 0 saturated carbocycles. The molecule has 0 aliphatic carbocycles. The van der Waals surface area contributed by atoms with Crippen molar-refractivity contribution >= 4 is 22.4 Å². The van der Waals surface area contributed by atoms with Crippen molar-refractivity contribution in [3.63, 3.8) is 0 Å². The lowest BCUT2D eigenvalue weighted by Gasteiger charge is -2.01. The Morgan fingerprint density at radius 2 is 2.04 bits per heavy atom. The maximum Gasteiger partial charge on any atom is 0.270 e. The number of aromatic nitrogens is 3. The molecule has 0 unspecified atom stereocenters. The van der Waals surface area contributed by atoms with Crippen LogP contribution in [0.4, 0.5) is 5.13 Å². The lowest BCUT2D eigenvalue weighted by Crippen LogP contribution is -2.16. The minimum absolute atomic E-state index is 0.0232. The van der Waals surface area contributed by atoms with E-state index in [0.717, 1.165) is 16.1 Å². The normalized spacial score (nSPS) is 11.0. The van der Waals surface area contributed by atoms with Gasteiger partial charge in [-0.1, -0.05) is 60.7 Å². The van der Waals surface area contributed by atoms with Crippen molar-refractivity contribution in [2.75, 3.05) is 19.0 Å². The minimum Gasteiger partial charge on any atom is -0.375 e. The average molecular weight is 358 g/mol. The molecule has 0 aliphatic rings. The first-order valence-corrected chi connectivity index (χ1v) is 8.59. The summed E-state index contributed by atoms with van der Waals surface area (Å²) in [6, 6.07) is 9.60. The summed E-state index contributed by atoms with van der Waals surface area (Å²) in [4.78, 5) is 21.4. The van der Waals surface area contributed by atoms with Crippen LogP contribution in [0.2, 0.25) is 0 Å². The van der Waals surface area contributed by atoms with Gasteiger partial charge in [-0.25, -0.2) is 4.98 Å². The number of nitrogens with zero attached hydrogens (tertiary/aromatic N) is 3. The number of anilines is 1. The van der Waals surface area contributed by atoms with E-state index in [2.05, 4.69) is 20.4 Å². The van der Waals surface area contributed by atoms with Crippen LogP contribution in [0.1, 0.15) is 25.5 Å². The number of carbonyl (C=O) groups excluding carboxylic acids is 1. The van der Waals surface area contributed by atoms with Crippen LogP contribution in [-0.2, 0) is 9.53 Å². The Hall–Kier alpha value is -2.58. The first-order valence-electron chi connectivity index (χ1n) is 7.77. The fourth-order valence-electron chi connectivity index (χ4n) is 2.24. The molecule has 3 rings (SSSR count). The molecule has 1 amide bonds. The van der Waals surface area contributed by atoms with Gasteiger partial charge in [0.2, 0.25) is 5.82 Å². The van der Waals surface area contributed by atoms with Gasteiger partial charge >= 0.3 is 0 Å². The van der Waals surface area contributed by atoms with Gasteiger partial charge in [0, 0.05) is 12.7 Å². The highest BCUT2D eigenvalue weighted by Crippen LogP contribution is 2.36. The van der Waals surface area contributed by atoms with Crippen LogP contribution in [0.3, 0.4) is 0 Å². The zero-order chi connectivity index (χ0) is 17.8. The molecule has 1 N–H and O–H groups in total. The Labute approximate surface area is 149 Å². The number of benzene rings is 1. The van der Waals surface area contributed by atoms with Crippen molar-refractivity contribution in [3.05, 3.63) is 36.0 Å². The zero-order valence-electron chi connectivity index (χ0n) is 14.1. The van der Waals surface area contributed by atoms with E-state index in [1.165, 1.54) is 18.4 Å². The number of rotatable bonds is 6. The van der Waals surface area contributed by atoms with E-state index < -0.39 is 0 Å².